The maximum atomic E-state index is 13.9. The zero-order valence-electron chi connectivity index (χ0n) is 12.7. The van der Waals surface area contributed by atoms with E-state index in [9.17, 15) is 4.39 Å². The van der Waals surface area contributed by atoms with E-state index in [0.717, 1.165) is 41.8 Å². The fourth-order valence-electron chi connectivity index (χ4n) is 4.12. The number of benzene rings is 1. The molecule has 2 saturated carbocycles. The van der Waals surface area contributed by atoms with Gasteiger partial charge in [0, 0.05) is 6.04 Å². The quantitative estimate of drug-likeness (QED) is 0.827. The van der Waals surface area contributed by atoms with Crippen molar-refractivity contribution in [1.29, 1.82) is 0 Å². The highest BCUT2D eigenvalue weighted by molar-refractivity contribution is 5.28. The molecule has 3 unspecified atom stereocenters. The van der Waals surface area contributed by atoms with Crippen LogP contribution < -0.4 is 5.32 Å². The van der Waals surface area contributed by atoms with Gasteiger partial charge in [-0.15, -0.1) is 0 Å². The molecule has 0 bridgehead atoms. The van der Waals surface area contributed by atoms with Crippen LogP contribution in [0.3, 0.4) is 0 Å². The van der Waals surface area contributed by atoms with Crippen molar-refractivity contribution in [3.8, 4) is 0 Å². The van der Waals surface area contributed by atoms with E-state index in [0.29, 0.717) is 6.04 Å². The molecular weight excluding hydrogens is 249 g/mol. The SMILES string of the molecule is CCCNC(c1ccc(C)c(F)c1)C1C2CCCCC21. The third-order valence-corrected chi connectivity index (χ3v) is 5.28. The molecule has 0 saturated heterocycles. The van der Waals surface area contributed by atoms with E-state index < -0.39 is 0 Å². The van der Waals surface area contributed by atoms with E-state index in [4.69, 9.17) is 0 Å². The minimum atomic E-state index is -0.0607. The predicted octanol–water partition coefficient (Wildman–Crippen LogP) is 4.61. The van der Waals surface area contributed by atoms with E-state index in [2.05, 4.69) is 18.3 Å². The van der Waals surface area contributed by atoms with Gasteiger partial charge in [0.1, 0.15) is 5.82 Å². The van der Waals surface area contributed by atoms with Crippen molar-refractivity contribution in [3.63, 3.8) is 0 Å². The fourth-order valence-corrected chi connectivity index (χ4v) is 4.12. The molecule has 0 radical (unpaired) electrons. The molecule has 3 rings (SSSR count). The van der Waals surface area contributed by atoms with Crippen LogP contribution in [0.2, 0.25) is 0 Å². The van der Waals surface area contributed by atoms with Crippen molar-refractivity contribution in [1.82, 2.24) is 5.32 Å². The highest BCUT2D eigenvalue weighted by atomic mass is 19.1. The van der Waals surface area contributed by atoms with Crippen LogP contribution in [-0.4, -0.2) is 6.54 Å². The molecule has 20 heavy (non-hydrogen) atoms. The predicted molar refractivity (Wildman–Crippen MR) is 81.1 cm³/mol. The molecule has 110 valence electrons. The average molecular weight is 275 g/mol. The third-order valence-electron chi connectivity index (χ3n) is 5.28. The average Bonchev–Trinajstić information content (AvgIpc) is 3.17. The summed E-state index contributed by atoms with van der Waals surface area (Å²) in [5.41, 5.74) is 1.90. The largest absolute Gasteiger partial charge is 0.310 e. The Morgan fingerprint density at radius 2 is 1.95 bits per heavy atom. The highest BCUT2D eigenvalue weighted by Gasteiger charge is 2.54. The summed E-state index contributed by atoms with van der Waals surface area (Å²) in [7, 11) is 0. The Bertz CT molecular complexity index is 458. The summed E-state index contributed by atoms with van der Waals surface area (Å²) < 4.78 is 13.9. The Morgan fingerprint density at radius 1 is 1.25 bits per heavy atom. The van der Waals surface area contributed by atoms with Gasteiger partial charge in [-0.2, -0.15) is 0 Å². The Kier molecular flexibility index (Phi) is 4.11. The molecule has 1 nitrogen and oxygen atoms in total. The standard InChI is InChI=1S/C18H26FN/c1-3-10-20-18(13-9-8-12(2)16(19)11-13)17-14-6-4-5-7-15(14)17/h8-9,11,14-15,17-18,20H,3-7,10H2,1-2H3. The van der Waals surface area contributed by atoms with E-state index in [1.807, 2.05) is 13.0 Å². The number of rotatable bonds is 5. The van der Waals surface area contributed by atoms with Gasteiger partial charge >= 0.3 is 0 Å². The zero-order valence-corrected chi connectivity index (χ0v) is 12.7. The first kappa shape index (κ1) is 14.1. The van der Waals surface area contributed by atoms with Gasteiger partial charge in [0.05, 0.1) is 0 Å². The molecule has 2 aliphatic rings. The Labute approximate surface area is 122 Å². The lowest BCUT2D eigenvalue weighted by Crippen LogP contribution is -2.25. The number of hydrogen-bond acceptors (Lipinski definition) is 1. The van der Waals surface area contributed by atoms with Crippen molar-refractivity contribution in [3.05, 3.63) is 35.1 Å². The van der Waals surface area contributed by atoms with Gasteiger partial charge in [-0.1, -0.05) is 31.9 Å². The van der Waals surface area contributed by atoms with Gasteiger partial charge in [0.25, 0.3) is 0 Å². The zero-order chi connectivity index (χ0) is 14.1. The molecule has 0 spiro atoms. The molecular formula is C18H26FN. The molecule has 0 heterocycles. The Morgan fingerprint density at radius 3 is 2.55 bits per heavy atom. The maximum absolute atomic E-state index is 13.9. The molecule has 2 fully saturated rings. The van der Waals surface area contributed by atoms with Gasteiger partial charge in [0.15, 0.2) is 0 Å². The van der Waals surface area contributed by atoms with Gasteiger partial charge in [0.2, 0.25) is 0 Å². The summed E-state index contributed by atoms with van der Waals surface area (Å²) in [5, 5.41) is 3.68. The van der Waals surface area contributed by atoms with Crippen LogP contribution in [0.4, 0.5) is 4.39 Å². The summed E-state index contributed by atoms with van der Waals surface area (Å²) >= 11 is 0. The number of aryl methyl sites for hydroxylation is 1. The third kappa shape index (κ3) is 2.63. The summed E-state index contributed by atoms with van der Waals surface area (Å²) in [6.45, 7) is 5.06. The van der Waals surface area contributed by atoms with Gasteiger partial charge in [-0.25, -0.2) is 4.39 Å². The minimum absolute atomic E-state index is 0.0607. The number of nitrogens with one attached hydrogen (secondary N) is 1. The number of fused-ring (bicyclic) bond motifs is 1. The summed E-state index contributed by atoms with van der Waals surface area (Å²) in [5.74, 6) is 2.46. The van der Waals surface area contributed by atoms with Crippen LogP contribution >= 0.6 is 0 Å². The van der Waals surface area contributed by atoms with Crippen LogP contribution in [-0.2, 0) is 0 Å². The van der Waals surface area contributed by atoms with Crippen molar-refractivity contribution in [2.24, 2.45) is 17.8 Å². The lowest BCUT2D eigenvalue weighted by atomic mass is 9.98. The van der Waals surface area contributed by atoms with E-state index in [-0.39, 0.29) is 5.82 Å². The molecule has 2 aliphatic carbocycles. The van der Waals surface area contributed by atoms with Crippen molar-refractivity contribution < 1.29 is 4.39 Å². The van der Waals surface area contributed by atoms with Crippen LogP contribution in [0, 0.1) is 30.5 Å². The molecule has 1 N–H and O–H groups in total. The van der Waals surface area contributed by atoms with Gasteiger partial charge < -0.3 is 5.32 Å². The minimum Gasteiger partial charge on any atom is -0.310 e. The summed E-state index contributed by atoms with van der Waals surface area (Å²) in [6.07, 6.45) is 6.68. The van der Waals surface area contributed by atoms with E-state index in [1.165, 1.54) is 25.7 Å². The fraction of sp³-hybridized carbons (Fsp3) is 0.667. The number of halogens is 1. The Balaban J connectivity index is 1.80. The topological polar surface area (TPSA) is 12.0 Å². The summed E-state index contributed by atoms with van der Waals surface area (Å²) in [6, 6.07) is 6.17. The smallest absolute Gasteiger partial charge is 0.126 e. The normalized spacial score (nSPS) is 29.9. The maximum Gasteiger partial charge on any atom is 0.126 e. The first-order chi connectivity index (χ1) is 9.72. The van der Waals surface area contributed by atoms with Crippen LogP contribution in [0.1, 0.15) is 56.2 Å². The lowest BCUT2D eigenvalue weighted by molar-refractivity contribution is 0.443. The first-order valence-electron chi connectivity index (χ1n) is 8.21. The molecule has 1 aromatic rings. The van der Waals surface area contributed by atoms with Gasteiger partial charge in [-0.3, -0.25) is 0 Å². The van der Waals surface area contributed by atoms with Crippen LogP contribution in [0.25, 0.3) is 0 Å². The highest BCUT2D eigenvalue weighted by Crippen LogP contribution is 2.60. The molecule has 1 aromatic carbocycles. The second-order valence-electron chi connectivity index (χ2n) is 6.63. The molecule has 0 aliphatic heterocycles. The van der Waals surface area contributed by atoms with Crippen molar-refractivity contribution in [2.45, 2.75) is 52.0 Å². The van der Waals surface area contributed by atoms with E-state index >= 15 is 0 Å². The molecule has 0 aromatic heterocycles. The van der Waals surface area contributed by atoms with Crippen molar-refractivity contribution >= 4 is 0 Å². The number of hydrogen-bond donors (Lipinski definition) is 1. The second-order valence-corrected chi connectivity index (χ2v) is 6.63. The molecule has 0 amide bonds. The Hall–Kier alpha value is -0.890. The lowest BCUT2D eigenvalue weighted by Gasteiger charge is -2.20. The summed E-state index contributed by atoms with van der Waals surface area (Å²) in [4.78, 5) is 0. The second kappa shape index (κ2) is 5.85. The molecule has 3 atom stereocenters. The molecule has 2 heteroatoms. The van der Waals surface area contributed by atoms with E-state index in [1.54, 1.807) is 6.07 Å². The monoisotopic (exact) mass is 275 g/mol. The van der Waals surface area contributed by atoms with Crippen LogP contribution in [0.5, 0.6) is 0 Å². The van der Waals surface area contributed by atoms with Gasteiger partial charge in [-0.05, 0) is 67.7 Å². The van der Waals surface area contributed by atoms with Crippen molar-refractivity contribution in [2.75, 3.05) is 6.54 Å². The first-order valence-corrected chi connectivity index (χ1v) is 8.21. The van der Waals surface area contributed by atoms with Crippen LogP contribution in [0.15, 0.2) is 18.2 Å².